The van der Waals surface area contributed by atoms with Crippen LogP contribution in [0.4, 0.5) is 0 Å². The fourth-order valence-electron chi connectivity index (χ4n) is 1.07. The Kier molecular flexibility index (Phi) is 4.51. The van der Waals surface area contributed by atoms with Gasteiger partial charge in [0.05, 0.1) is 0 Å². The molecule has 0 aliphatic heterocycles. The summed E-state index contributed by atoms with van der Waals surface area (Å²) in [5, 5.41) is 13.0. The molecule has 0 fully saturated rings. The molecule has 0 radical (unpaired) electrons. The molecule has 0 spiro atoms. The minimum atomic E-state index is 0.216. The van der Waals surface area contributed by atoms with Gasteiger partial charge in [0.1, 0.15) is 12.9 Å². The molecule has 0 amide bonds. The van der Waals surface area contributed by atoms with Gasteiger partial charge in [-0.3, -0.25) is 0 Å². The minimum absolute atomic E-state index is 0.216. The second kappa shape index (κ2) is 5.90. The van der Waals surface area contributed by atoms with E-state index in [2.05, 4.69) is 10.1 Å². The van der Waals surface area contributed by atoms with Crippen LogP contribution >= 0.6 is 0 Å². The number of hydrogen-bond donors (Lipinski definition) is 1. The van der Waals surface area contributed by atoms with Crippen molar-refractivity contribution in [1.29, 1.82) is 0 Å². The van der Waals surface area contributed by atoms with Gasteiger partial charge in [-0.2, -0.15) is 0 Å². The highest BCUT2D eigenvalue weighted by atomic mass is 16.6. The molecule has 1 aromatic rings. The van der Waals surface area contributed by atoms with E-state index in [0.29, 0.717) is 11.8 Å². The number of aromatic hydroxyl groups is 1. The van der Waals surface area contributed by atoms with Crippen molar-refractivity contribution >= 4 is 12.1 Å². The SMILES string of the molecule is CO/N=C(\N=CC(C)C)c1ccc(O)cc1. The van der Waals surface area contributed by atoms with E-state index in [4.69, 9.17) is 4.84 Å². The van der Waals surface area contributed by atoms with Gasteiger partial charge in [0.15, 0.2) is 5.84 Å². The van der Waals surface area contributed by atoms with Gasteiger partial charge in [-0.25, -0.2) is 4.99 Å². The number of aliphatic imine (C=N–C) groups is 1. The molecule has 4 nitrogen and oxygen atoms in total. The first-order valence-corrected chi connectivity index (χ1v) is 5.08. The summed E-state index contributed by atoms with van der Waals surface area (Å²) < 4.78 is 0. The van der Waals surface area contributed by atoms with Gasteiger partial charge < -0.3 is 9.94 Å². The second-order valence-corrected chi connectivity index (χ2v) is 3.67. The predicted octanol–water partition coefficient (Wildman–Crippen LogP) is 2.43. The number of hydrogen-bond acceptors (Lipinski definition) is 3. The van der Waals surface area contributed by atoms with E-state index >= 15 is 0 Å². The smallest absolute Gasteiger partial charge is 0.198 e. The average molecular weight is 220 g/mol. The van der Waals surface area contributed by atoms with Crippen molar-refractivity contribution in [2.75, 3.05) is 7.11 Å². The maximum atomic E-state index is 9.18. The summed E-state index contributed by atoms with van der Waals surface area (Å²) in [4.78, 5) is 8.96. The summed E-state index contributed by atoms with van der Waals surface area (Å²) in [6, 6.07) is 6.66. The molecule has 0 heterocycles. The molecule has 1 aromatic carbocycles. The summed E-state index contributed by atoms with van der Waals surface area (Å²) in [5.41, 5.74) is 0.802. The number of rotatable bonds is 3. The maximum Gasteiger partial charge on any atom is 0.198 e. The van der Waals surface area contributed by atoms with Gasteiger partial charge in [0.2, 0.25) is 0 Å². The van der Waals surface area contributed by atoms with Crippen molar-refractivity contribution in [3.8, 4) is 5.75 Å². The Hall–Kier alpha value is -1.84. The van der Waals surface area contributed by atoms with Gasteiger partial charge >= 0.3 is 0 Å². The van der Waals surface area contributed by atoms with Gasteiger partial charge in [0.25, 0.3) is 0 Å². The van der Waals surface area contributed by atoms with Crippen LogP contribution in [-0.2, 0) is 4.84 Å². The quantitative estimate of drug-likeness (QED) is 0.483. The molecule has 0 bridgehead atoms. The number of oxime groups is 1. The zero-order valence-electron chi connectivity index (χ0n) is 9.71. The Morgan fingerprint density at radius 3 is 2.44 bits per heavy atom. The second-order valence-electron chi connectivity index (χ2n) is 3.67. The highest BCUT2D eigenvalue weighted by molar-refractivity contribution is 6.02. The number of amidine groups is 1. The lowest BCUT2D eigenvalue weighted by Crippen LogP contribution is -2.00. The van der Waals surface area contributed by atoms with Gasteiger partial charge in [-0.1, -0.05) is 19.0 Å². The Bertz CT molecular complexity index is 381. The first kappa shape index (κ1) is 12.2. The van der Waals surface area contributed by atoms with E-state index in [9.17, 15) is 5.11 Å². The lowest BCUT2D eigenvalue weighted by atomic mass is 10.2. The molecule has 0 unspecified atom stereocenters. The van der Waals surface area contributed by atoms with Crippen molar-refractivity contribution in [2.24, 2.45) is 16.1 Å². The molecule has 0 aliphatic carbocycles. The fraction of sp³-hybridized carbons (Fsp3) is 0.333. The predicted molar refractivity (Wildman–Crippen MR) is 65.0 cm³/mol. The van der Waals surface area contributed by atoms with E-state index in [1.54, 1.807) is 30.5 Å². The van der Waals surface area contributed by atoms with E-state index in [0.717, 1.165) is 5.56 Å². The highest BCUT2D eigenvalue weighted by Gasteiger charge is 2.02. The largest absolute Gasteiger partial charge is 0.508 e. The van der Waals surface area contributed by atoms with Gasteiger partial charge in [-0.05, 0) is 30.2 Å². The standard InChI is InChI=1S/C12H16N2O2/c1-9(2)8-13-12(14-16-3)10-4-6-11(15)7-5-10/h4-9,15H,1-3H3/b13-8?,14-12-. The van der Waals surface area contributed by atoms with Gasteiger partial charge in [0, 0.05) is 11.8 Å². The molecule has 0 saturated heterocycles. The summed E-state index contributed by atoms with van der Waals surface area (Å²) in [5.74, 6) is 1.06. The molecule has 0 aromatic heterocycles. The summed E-state index contributed by atoms with van der Waals surface area (Å²) in [7, 11) is 1.48. The third-order valence-electron chi connectivity index (χ3n) is 1.80. The van der Waals surface area contributed by atoms with E-state index in [1.807, 2.05) is 13.8 Å². The molecular formula is C12H16N2O2. The summed E-state index contributed by atoms with van der Waals surface area (Å²) >= 11 is 0. The van der Waals surface area contributed by atoms with E-state index in [1.165, 1.54) is 7.11 Å². The first-order chi connectivity index (χ1) is 7.63. The molecule has 1 N–H and O–H groups in total. The minimum Gasteiger partial charge on any atom is -0.508 e. The van der Waals surface area contributed by atoms with E-state index in [-0.39, 0.29) is 5.75 Å². The lowest BCUT2D eigenvalue weighted by molar-refractivity contribution is 0.213. The molecule has 0 saturated carbocycles. The third kappa shape index (κ3) is 3.73. The summed E-state index contributed by atoms with van der Waals surface area (Å²) in [6.45, 7) is 4.06. The number of nitrogens with zero attached hydrogens (tertiary/aromatic N) is 2. The molecule has 0 aliphatic rings. The van der Waals surface area contributed by atoms with Crippen LogP contribution in [0.15, 0.2) is 34.4 Å². The van der Waals surface area contributed by atoms with Crippen LogP contribution in [0, 0.1) is 5.92 Å². The monoisotopic (exact) mass is 220 g/mol. The molecular weight excluding hydrogens is 204 g/mol. The number of phenols is 1. The van der Waals surface area contributed by atoms with Crippen molar-refractivity contribution in [1.82, 2.24) is 0 Å². The van der Waals surface area contributed by atoms with Gasteiger partial charge in [-0.15, -0.1) is 0 Å². The topological polar surface area (TPSA) is 54.2 Å². The third-order valence-corrected chi connectivity index (χ3v) is 1.80. The lowest BCUT2D eigenvalue weighted by Gasteiger charge is -2.01. The maximum absolute atomic E-state index is 9.18. The molecule has 4 heteroatoms. The van der Waals surface area contributed by atoms with Crippen LogP contribution in [0.25, 0.3) is 0 Å². The zero-order chi connectivity index (χ0) is 12.0. The number of benzene rings is 1. The zero-order valence-corrected chi connectivity index (χ0v) is 9.71. The first-order valence-electron chi connectivity index (χ1n) is 5.08. The fourth-order valence-corrected chi connectivity index (χ4v) is 1.07. The van der Waals surface area contributed by atoms with E-state index < -0.39 is 0 Å². The van der Waals surface area contributed by atoms with Crippen molar-refractivity contribution in [3.05, 3.63) is 29.8 Å². The van der Waals surface area contributed by atoms with Crippen LogP contribution in [-0.4, -0.2) is 24.3 Å². The Morgan fingerprint density at radius 1 is 1.31 bits per heavy atom. The van der Waals surface area contributed by atoms with Crippen molar-refractivity contribution in [3.63, 3.8) is 0 Å². The average Bonchev–Trinajstić information content (AvgIpc) is 2.25. The molecule has 1 rings (SSSR count). The van der Waals surface area contributed by atoms with Crippen LogP contribution in [0.1, 0.15) is 19.4 Å². The highest BCUT2D eigenvalue weighted by Crippen LogP contribution is 2.11. The Morgan fingerprint density at radius 2 is 1.94 bits per heavy atom. The molecule has 0 atom stereocenters. The summed E-state index contributed by atoms with van der Waals surface area (Å²) in [6.07, 6.45) is 1.80. The Balaban J connectivity index is 2.94. The molecule has 16 heavy (non-hydrogen) atoms. The van der Waals surface area contributed by atoms with Crippen LogP contribution in [0.3, 0.4) is 0 Å². The molecule has 86 valence electrons. The Labute approximate surface area is 95.3 Å². The van der Waals surface area contributed by atoms with Crippen LogP contribution < -0.4 is 0 Å². The van der Waals surface area contributed by atoms with Crippen molar-refractivity contribution in [2.45, 2.75) is 13.8 Å². The van der Waals surface area contributed by atoms with Crippen LogP contribution in [0.2, 0.25) is 0 Å². The number of phenolic OH excluding ortho intramolecular Hbond substituents is 1. The normalized spacial score (nSPS) is 12.4. The van der Waals surface area contributed by atoms with Crippen molar-refractivity contribution < 1.29 is 9.94 Å². The van der Waals surface area contributed by atoms with Crippen LogP contribution in [0.5, 0.6) is 5.75 Å².